The second-order valence-electron chi connectivity index (χ2n) is 8.37. The van der Waals surface area contributed by atoms with E-state index < -0.39 is 17.7 Å². The molecule has 1 fully saturated rings. The molecule has 0 unspecified atom stereocenters. The van der Waals surface area contributed by atoms with Crippen LogP contribution in [0.15, 0.2) is 85.2 Å². The fourth-order valence-corrected chi connectivity index (χ4v) is 4.28. The number of hydrogen-bond donors (Lipinski definition) is 1. The molecule has 1 amide bonds. The van der Waals surface area contributed by atoms with Crippen molar-refractivity contribution >= 4 is 17.4 Å². The first-order valence-corrected chi connectivity index (χ1v) is 11.7. The Morgan fingerprint density at radius 1 is 1.11 bits per heavy atom. The summed E-state index contributed by atoms with van der Waals surface area (Å²) in [5.41, 5.74) is 2.68. The zero-order valence-corrected chi connectivity index (χ0v) is 20.3. The molecule has 0 radical (unpaired) electrons. The van der Waals surface area contributed by atoms with E-state index in [4.69, 9.17) is 9.47 Å². The number of benzene rings is 2. The lowest BCUT2D eigenvalue weighted by atomic mass is 9.93. The van der Waals surface area contributed by atoms with Crippen molar-refractivity contribution in [2.24, 2.45) is 0 Å². The van der Waals surface area contributed by atoms with Crippen molar-refractivity contribution in [3.8, 4) is 11.5 Å². The van der Waals surface area contributed by atoms with Crippen molar-refractivity contribution in [1.82, 2.24) is 9.88 Å². The molecule has 1 aliphatic heterocycles. The van der Waals surface area contributed by atoms with Gasteiger partial charge in [-0.2, -0.15) is 0 Å². The topological polar surface area (TPSA) is 89.0 Å². The minimum Gasteiger partial charge on any atom is -0.507 e. The van der Waals surface area contributed by atoms with Crippen LogP contribution >= 0.6 is 0 Å². The first-order chi connectivity index (χ1) is 17.4. The summed E-state index contributed by atoms with van der Waals surface area (Å²) in [4.78, 5) is 32.1. The Balaban J connectivity index is 1.81. The minimum absolute atomic E-state index is 0.0379. The number of aliphatic hydroxyl groups excluding tert-OH is 1. The molecule has 2 aromatic carbocycles. The van der Waals surface area contributed by atoms with E-state index >= 15 is 0 Å². The molecule has 3 aromatic rings. The number of aromatic nitrogens is 1. The van der Waals surface area contributed by atoms with Crippen LogP contribution in [0, 0.1) is 6.92 Å². The predicted octanol–water partition coefficient (Wildman–Crippen LogP) is 4.98. The van der Waals surface area contributed by atoms with E-state index in [1.807, 2.05) is 19.9 Å². The molecule has 2 heterocycles. The van der Waals surface area contributed by atoms with Crippen molar-refractivity contribution in [2.75, 3.05) is 13.2 Å². The Morgan fingerprint density at radius 3 is 2.50 bits per heavy atom. The zero-order valence-electron chi connectivity index (χ0n) is 20.3. The first-order valence-electron chi connectivity index (χ1n) is 11.7. The van der Waals surface area contributed by atoms with Crippen molar-refractivity contribution in [1.29, 1.82) is 0 Å². The van der Waals surface area contributed by atoms with E-state index in [9.17, 15) is 14.7 Å². The fraction of sp³-hybridized carbons (Fsp3) is 0.207. The number of ether oxygens (including phenoxy) is 2. The number of amides is 1. The highest BCUT2D eigenvalue weighted by Gasteiger charge is 2.46. The standard InChI is InChI=1S/C29H28N2O5/c1-4-15-36-22-10-8-21(9-11-22)26-25(27(32)24-13-12-23(35-5-2)16-19(24)3)28(33)29(34)31(26)18-20-7-6-14-30-17-20/h4,6-14,16-17,26,32H,1,5,15,18H2,2-3H3/t26-/m1/s1. The molecule has 0 aliphatic carbocycles. The maximum atomic E-state index is 13.3. The number of carbonyl (C=O) groups excluding carboxylic acids is 2. The summed E-state index contributed by atoms with van der Waals surface area (Å²) in [6.07, 6.45) is 4.95. The van der Waals surface area contributed by atoms with Crippen LogP contribution in [-0.2, 0) is 16.1 Å². The largest absolute Gasteiger partial charge is 0.507 e. The van der Waals surface area contributed by atoms with Crippen molar-refractivity contribution in [2.45, 2.75) is 26.4 Å². The van der Waals surface area contributed by atoms with Gasteiger partial charge in [0.05, 0.1) is 18.2 Å². The van der Waals surface area contributed by atoms with E-state index in [1.165, 1.54) is 4.90 Å². The van der Waals surface area contributed by atoms with Gasteiger partial charge in [-0.25, -0.2) is 0 Å². The number of carbonyl (C=O) groups is 2. The summed E-state index contributed by atoms with van der Waals surface area (Å²) in [5, 5.41) is 11.4. The molecule has 0 bridgehead atoms. The fourth-order valence-electron chi connectivity index (χ4n) is 4.28. The lowest BCUT2D eigenvalue weighted by Gasteiger charge is -2.25. The van der Waals surface area contributed by atoms with Gasteiger partial charge in [-0.05, 0) is 66.9 Å². The second kappa shape index (κ2) is 10.9. The van der Waals surface area contributed by atoms with Gasteiger partial charge >= 0.3 is 0 Å². The summed E-state index contributed by atoms with van der Waals surface area (Å²) >= 11 is 0. The quantitative estimate of drug-likeness (QED) is 0.200. The average molecular weight is 485 g/mol. The molecule has 1 atom stereocenters. The monoisotopic (exact) mass is 484 g/mol. The molecule has 0 saturated carbocycles. The SMILES string of the molecule is C=CCOc1ccc([C@@H]2C(=C(O)c3ccc(OCC)cc3C)C(=O)C(=O)N2Cc2cccnc2)cc1. The van der Waals surface area contributed by atoms with Gasteiger partial charge in [0, 0.05) is 24.5 Å². The molecule has 36 heavy (non-hydrogen) atoms. The highest BCUT2D eigenvalue weighted by molar-refractivity contribution is 6.46. The lowest BCUT2D eigenvalue weighted by molar-refractivity contribution is -0.140. The summed E-state index contributed by atoms with van der Waals surface area (Å²) in [7, 11) is 0. The van der Waals surface area contributed by atoms with E-state index in [-0.39, 0.29) is 17.9 Å². The third-order valence-corrected chi connectivity index (χ3v) is 5.94. The highest BCUT2D eigenvalue weighted by Crippen LogP contribution is 2.41. The van der Waals surface area contributed by atoms with E-state index in [1.54, 1.807) is 67.0 Å². The van der Waals surface area contributed by atoms with Gasteiger partial charge in [0.25, 0.3) is 11.7 Å². The molecule has 1 saturated heterocycles. The Labute approximate surface area is 210 Å². The van der Waals surface area contributed by atoms with Crippen LogP contribution in [0.4, 0.5) is 0 Å². The molecule has 7 heteroatoms. The molecule has 7 nitrogen and oxygen atoms in total. The third kappa shape index (κ3) is 5.00. The van der Waals surface area contributed by atoms with Gasteiger partial charge in [-0.15, -0.1) is 0 Å². The van der Waals surface area contributed by atoms with Crippen molar-refractivity contribution in [3.05, 3.63) is 107 Å². The average Bonchev–Trinajstić information content (AvgIpc) is 3.13. The van der Waals surface area contributed by atoms with Crippen LogP contribution in [0.5, 0.6) is 11.5 Å². The number of nitrogens with zero attached hydrogens (tertiary/aromatic N) is 2. The van der Waals surface area contributed by atoms with Crippen LogP contribution < -0.4 is 9.47 Å². The van der Waals surface area contributed by atoms with Crippen LogP contribution in [0.1, 0.15) is 35.2 Å². The van der Waals surface area contributed by atoms with Crippen LogP contribution in [-0.4, -0.2) is 39.9 Å². The smallest absolute Gasteiger partial charge is 0.295 e. The first kappa shape index (κ1) is 24.7. The number of aliphatic hydroxyl groups is 1. The van der Waals surface area contributed by atoms with Crippen LogP contribution in [0.2, 0.25) is 0 Å². The second-order valence-corrected chi connectivity index (χ2v) is 8.37. The number of pyridine rings is 1. The van der Waals surface area contributed by atoms with Gasteiger partial charge in [0.1, 0.15) is 23.9 Å². The Bertz CT molecular complexity index is 1300. The van der Waals surface area contributed by atoms with Gasteiger partial charge < -0.3 is 19.5 Å². The van der Waals surface area contributed by atoms with Gasteiger partial charge in [0.2, 0.25) is 0 Å². The molecule has 4 rings (SSSR count). The summed E-state index contributed by atoms with van der Waals surface area (Å²) in [6, 6.07) is 15.2. The maximum absolute atomic E-state index is 13.3. The van der Waals surface area contributed by atoms with Crippen LogP contribution in [0.3, 0.4) is 0 Å². The molecular weight excluding hydrogens is 456 g/mol. The molecule has 1 aromatic heterocycles. The Morgan fingerprint density at radius 2 is 1.86 bits per heavy atom. The Kier molecular flexibility index (Phi) is 7.49. The number of likely N-dealkylation sites (tertiary alicyclic amines) is 1. The van der Waals surface area contributed by atoms with Gasteiger partial charge in [0.15, 0.2) is 0 Å². The number of ketones is 1. The minimum atomic E-state index is -0.787. The zero-order chi connectivity index (χ0) is 25.7. The molecule has 184 valence electrons. The Hall–Kier alpha value is -4.39. The molecule has 1 N–H and O–H groups in total. The lowest BCUT2D eigenvalue weighted by Crippen LogP contribution is -2.29. The number of Topliss-reactive ketones (excluding diaryl/α,β-unsaturated/α-hetero) is 1. The number of rotatable bonds is 9. The number of aryl methyl sites for hydroxylation is 1. The van der Waals surface area contributed by atoms with Gasteiger partial charge in [-0.3, -0.25) is 14.6 Å². The molecule has 0 spiro atoms. The van der Waals surface area contributed by atoms with E-state index in [0.29, 0.717) is 35.8 Å². The molecule has 1 aliphatic rings. The maximum Gasteiger partial charge on any atom is 0.295 e. The van der Waals surface area contributed by atoms with E-state index in [0.717, 1.165) is 11.1 Å². The van der Waals surface area contributed by atoms with E-state index in [2.05, 4.69) is 11.6 Å². The predicted molar refractivity (Wildman–Crippen MR) is 137 cm³/mol. The van der Waals surface area contributed by atoms with Crippen molar-refractivity contribution in [3.63, 3.8) is 0 Å². The van der Waals surface area contributed by atoms with Crippen LogP contribution in [0.25, 0.3) is 5.76 Å². The summed E-state index contributed by atoms with van der Waals surface area (Å²) in [5.74, 6) is -0.345. The normalized spacial score (nSPS) is 16.7. The third-order valence-electron chi connectivity index (χ3n) is 5.94. The van der Waals surface area contributed by atoms with Crippen molar-refractivity contribution < 1.29 is 24.2 Å². The summed E-state index contributed by atoms with van der Waals surface area (Å²) < 4.78 is 11.1. The summed E-state index contributed by atoms with van der Waals surface area (Å²) in [6.45, 7) is 8.39. The number of hydrogen-bond acceptors (Lipinski definition) is 6. The highest BCUT2D eigenvalue weighted by atomic mass is 16.5. The van der Waals surface area contributed by atoms with Gasteiger partial charge in [-0.1, -0.05) is 30.9 Å². The molecular formula is C29H28N2O5.